The Bertz CT molecular complexity index is 1070. The Hall–Kier alpha value is -2.55. The van der Waals surface area contributed by atoms with Gasteiger partial charge in [-0.3, -0.25) is 9.48 Å². The number of halogens is 3. The van der Waals surface area contributed by atoms with E-state index in [2.05, 4.69) is 10.1 Å². The Kier molecular flexibility index (Phi) is 6.84. The van der Waals surface area contributed by atoms with Gasteiger partial charge in [-0.1, -0.05) is 27.2 Å². The molecule has 1 aromatic carbocycles. The molecule has 0 aliphatic heterocycles. The highest BCUT2D eigenvalue weighted by Gasteiger charge is 2.32. The van der Waals surface area contributed by atoms with Crippen LogP contribution >= 0.6 is 0 Å². The lowest BCUT2D eigenvalue weighted by atomic mass is 9.85. The van der Waals surface area contributed by atoms with E-state index in [1.165, 1.54) is 13.8 Å². The molecule has 1 aliphatic carbocycles. The smallest absolute Gasteiger partial charge is 0.416 e. The first-order chi connectivity index (χ1) is 15.1. The normalized spacial score (nSPS) is 16.1. The molecule has 0 atom stereocenters. The molecule has 6 nitrogen and oxygen atoms in total. The molecule has 2 N–H and O–H groups in total. The number of nitrogens with zero attached hydrogens (tertiary/aromatic N) is 2. The standard InChI is InChI=1S/C24H32F3N3O3/c1-22(2,3)19-12-20(30(29-19)13-15-7-6-8-15)28-21(31)17-11-16(24(25,26)27)9-10-18(17)33-14-23(4,5)32/h9-12,15,29,32H,6-8,13-14H2,1-5H3/b28-20+. The lowest BCUT2D eigenvalue weighted by Crippen LogP contribution is -2.28. The minimum absolute atomic E-state index is 0.0593. The van der Waals surface area contributed by atoms with E-state index in [1.807, 2.05) is 20.8 Å². The second-order valence-corrected chi connectivity index (χ2v) is 10.4. The summed E-state index contributed by atoms with van der Waals surface area (Å²) < 4.78 is 47.3. The lowest BCUT2D eigenvalue weighted by Gasteiger charge is -2.25. The number of hydrogen-bond acceptors (Lipinski definition) is 3. The van der Waals surface area contributed by atoms with Crippen molar-refractivity contribution in [3.8, 4) is 5.75 Å². The molecule has 1 aromatic heterocycles. The molecule has 33 heavy (non-hydrogen) atoms. The first kappa shape index (κ1) is 25.1. The molecule has 0 saturated heterocycles. The molecule has 182 valence electrons. The van der Waals surface area contributed by atoms with Crippen molar-refractivity contribution in [3.63, 3.8) is 0 Å². The summed E-state index contributed by atoms with van der Waals surface area (Å²) in [6.45, 7) is 9.53. The number of H-pyrrole nitrogens is 1. The van der Waals surface area contributed by atoms with Crippen LogP contribution in [0, 0.1) is 5.92 Å². The van der Waals surface area contributed by atoms with Crippen LogP contribution in [-0.2, 0) is 18.1 Å². The van der Waals surface area contributed by atoms with E-state index >= 15 is 0 Å². The van der Waals surface area contributed by atoms with Crippen molar-refractivity contribution in [2.75, 3.05) is 6.61 Å². The first-order valence-electron chi connectivity index (χ1n) is 11.1. The van der Waals surface area contributed by atoms with E-state index in [1.54, 1.807) is 10.7 Å². The minimum atomic E-state index is -4.62. The number of nitrogens with one attached hydrogen (secondary N) is 1. The highest BCUT2D eigenvalue weighted by atomic mass is 19.4. The molecule has 1 fully saturated rings. The van der Waals surface area contributed by atoms with Crippen molar-refractivity contribution in [3.05, 3.63) is 46.6 Å². The molecular weight excluding hydrogens is 435 g/mol. The van der Waals surface area contributed by atoms with Crippen molar-refractivity contribution in [2.24, 2.45) is 10.9 Å². The summed E-state index contributed by atoms with van der Waals surface area (Å²) in [4.78, 5) is 17.3. The molecule has 0 radical (unpaired) electrons. The van der Waals surface area contributed by atoms with Gasteiger partial charge in [-0.25, -0.2) is 0 Å². The molecule has 1 amide bonds. The van der Waals surface area contributed by atoms with E-state index in [4.69, 9.17) is 4.74 Å². The summed E-state index contributed by atoms with van der Waals surface area (Å²) in [7, 11) is 0. The third-order valence-corrected chi connectivity index (χ3v) is 5.61. The molecule has 2 aromatic rings. The highest BCUT2D eigenvalue weighted by molar-refractivity contribution is 5.97. The van der Waals surface area contributed by atoms with E-state index < -0.39 is 23.2 Å². The van der Waals surface area contributed by atoms with Gasteiger partial charge in [-0.2, -0.15) is 18.2 Å². The fourth-order valence-corrected chi connectivity index (χ4v) is 3.41. The molecule has 1 heterocycles. The van der Waals surface area contributed by atoms with Crippen LogP contribution in [0.5, 0.6) is 5.75 Å². The van der Waals surface area contributed by atoms with Gasteiger partial charge >= 0.3 is 6.18 Å². The van der Waals surface area contributed by atoms with E-state index in [0.29, 0.717) is 18.0 Å². The Labute approximate surface area is 191 Å². The third-order valence-electron chi connectivity index (χ3n) is 5.61. The van der Waals surface area contributed by atoms with Gasteiger partial charge < -0.3 is 14.9 Å². The van der Waals surface area contributed by atoms with Crippen LogP contribution in [0.15, 0.2) is 29.3 Å². The number of carbonyl (C=O) groups is 1. The SMILES string of the molecule is CC(C)(O)COc1ccc(C(F)(F)F)cc1C(=O)/N=c1\cc(C(C)(C)C)[nH]n1CC1CCC1. The van der Waals surface area contributed by atoms with Crippen molar-refractivity contribution < 1.29 is 27.8 Å². The largest absolute Gasteiger partial charge is 0.490 e. The monoisotopic (exact) mass is 467 g/mol. The fourth-order valence-electron chi connectivity index (χ4n) is 3.41. The zero-order valence-corrected chi connectivity index (χ0v) is 19.7. The third kappa shape index (κ3) is 6.50. The lowest BCUT2D eigenvalue weighted by molar-refractivity contribution is -0.137. The minimum Gasteiger partial charge on any atom is -0.490 e. The Morgan fingerprint density at radius 1 is 1.18 bits per heavy atom. The average molecular weight is 468 g/mol. The van der Waals surface area contributed by atoms with Crippen molar-refractivity contribution in [2.45, 2.75) is 77.6 Å². The van der Waals surface area contributed by atoms with Crippen LogP contribution in [0.25, 0.3) is 0 Å². The van der Waals surface area contributed by atoms with Crippen molar-refractivity contribution in [1.82, 2.24) is 9.78 Å². The molecule has 1 aliphatic rings. The van der Waals surface area contributed by atoms with Gasteiger partial charge in [0.2, 0.25) is 0 Å². The maximum absolute atomic E-state index is 13.3. The summed E-state index contributed by atoms with van der Waals surface area (Å²) in [5.41, 5.74) is -1.49. The van der Waals surface area contributed by atoms with Gasteiger partial charge in [-0.15, -0.1) is 0 Å². The maximum Gasteiger partial charge on any atom is 0.416 e. The number of hydrogen-bond donors (Lipinski definition) is 2. The first-order valence-corrected chi connectivity index (χ1v) is 11.1. The highest BCUT2D eigenvalue weighted by Crippen LogP contribution is 2.33. The predicted molar refractivity (Wildman–Crippen MR) is 118 cm³/mol. The number of aromatic nitrogens is 2. The fraction of sp³-hybridized carbons (Fsp3) is 0.583. The van der Waals surface area contributed by atoms with Gasteiger partial charge in [0.1, 0.15) is 12.4 Å². The Morgan fingerprint density at radius 2 is 1.85 bits per heavy atom. The van der Waals surface area contributed by atoms with E-state index in [-0.39, 0.29) is 23.3 Å². The second kappa shape index (κ2) is 9.00. The summed E-state index contributed by atoms with van der Waals surface area (Å²) in [5.74, 6) is -0.422. The summed E-state index contributed by atoms with van der Waals surface area (Å²) in [6, 6.07) is 4.46. The molecule has 9 heteroatoms. The van der Waals surface area contributed by atoms with E-state index in [9.17, 15) is 23.1 Å². The van der Waals surface area contributed by atoms with Gasteiger partial charge in [0.25, 0.3) is 5.91 Å². The number of carbonyl (C=O) groups excluding carboxylic acids is 1. The van der Waals surface area contributed by atoms with Crippen LogP contribution in [0.4, 0.5) is 13.2 Å². The van der Waals surface area contributed by atoms with Crippen LogP contribution in [0.2, 0.25) is 0 Å². The number of ether oxygens (including phenoxy) is 1. The topological polar surface area (TPSA) is 79.6 Å². The van der Waals surface area contributed by atoms with Crippen molar-refractivity contribution >= 4 is 5.91 Å². The van der Waals surface area contributed by atoms with Crippen molar-refractivity contribution in [1.29, 1.82) is 0 Å². The molecule has 3 rings (SSSR count). The number of benzene rings is 1. The van der Waals surface area contributed by atoms with Gasteiger partial charge in [0.05, 0.1) is 16.7 Å². The number of amides is 1. The van der Waals surface area contributed by atoms with Crippen LogP contribution in [-0.4, -0.2) is 33.0 Å². The molecular formula is C24H32F3N3O3. The van der Waals surface area contributed by atoms with Gasteiger partial charge in [0.15, 0.2) is 5.49 Å². The molecule has 0 spiro atoms. The second-order valence-electron chi connectivity index (χ2n) is 10.4. The molecule has 0 bridgehead atoms. The summed E-state index contributed by atoms with van der Waals surface area (Å²) in [6.07, 6.45) is -1.28. The Balaban J connectivity index is 2.05. The quantitative estimate of drug-likeness (QED) is 0.639. The van der Waals surface area contributed by atoms with Crippen LogP contribution in [0.1, 0.15) is 75.5 Å². The zero-order chi connectivity index (χ0) is 24.6. The van der Waals surface area contributed by atoms with Gasteiger partial charge in [-0.05, 0) is 50.8 Å². The number of rotatable bonds is 6. The Morgan fingerprint density at radius 3 is 2.36 bits per heavy atom. The van der Waals surface area contributed by atoms with Gasteiger partial charge in [0, 0.05) is 23.7 Å². The number of aromatic amines is 1. The summed E-state index contributed by atoms with van der Waals surface area (Å²) >= 11 is 0. The number of aliphatic hydroxyl groups is 1. The molecule has 0 unspecified atom stereocenters. The van der Waals surface area contributed by atoms with E-state index in [0.717, 1.165) is 43.2 Å². The summed E-state index contributed by atoms with van der Waals surface area (Å²) in [5, 5.41) is 13.2. The van der Waals surface area contributed by atoms with Crippen LogP contribution in [0.3, 0.4) is 0 Å². The van der Waals surface area contributed by atoms with Crippen LogP contribution < -0.4 is 10.2 Å². The predicted octanol–water partition coefficient (Wildman–Crippen LogP) is 4.82. The number of alkyl halides is 3. The zero-order valence-electron chi connectivity index (χ0n) is 19.7. The average Bonchev–Trinajstić information content (AvgIpc) is 3.04. The molecule has 1 saturated carbocycles. The maximum atomic E-state index is 13.3.